The number of halogens is 3. The number of alkyl halides is 3. The smallest absolute Gasteiger partial charge is 0.433 e. The summed E-state index contributed by atoms with van der Waals surface area (Å²) in [7, 11) is 0. The van der Waals surface area contributed by atoms with Crippen LogP contribution in [-0.4, -0.2) is 10.1 Å². The van der Waals surface area contributed by atoms with Crippen LogP contribution >= 0.6 is 0 Å². The third-order valence-corrected chi connectivity index (χ3v) is 1.02. The van der Waals surface area contributed by atoms with Crippen molar-refractivity contribution in [2.75, 3.05) is 0 Å². The maximum Gasteiger partial charge on any atom is 0.433 e. The highest BCUT2D eigenvalue weighted by atomic mass is 19.4. The largest absolute Gasteiger partial charge is 0.493 e. The number of hydrogen-bond donors (Lipinski definition) is 1. The van der Waals surface area contributed by atoms with Crippen molar-refractivity contribution in [1.29, 1.82) is 0 Å². The maximum atomic E-state index is 12.5. The molecule has 1 N–H and O–H groups in total. The normalized spacial score (nSPS) is 18.8. The first-order valence-corrected chi connectivity index (χ1v) is 2.74. The lowest BCUT2D eigenvalue weighted by molar-refractivity contribution is -0.141. The summed E-state index contributed by atoms with van der Waals surface area (Å²) in [6.07, 6.45) is -5.12. The highest BCUT2D eigenvalue weighted by Crippen LogP contribution is 2.30. The van der Waals surface area contributed by atoms with Gasteiger partial charge in [0.2, 0.25) is 5.88 Å². The van der Waals surface area contributed by atoms with Crippen molar-refractivity contribution < 1.29 is 25.1 Å². The molecule has 0 aromatic carbocycles. The van der Waals surface area contributed by atoms with Gasteiger partial charge < -0.3 is 5.11 Å². The van der Waals surface area contributed by atoms with Crippen LogP contribution in [0, 0.1) is 6.85 Å². The van der Waals surface area contributed by atoms with Crippen molar-refractivity contribution in [2.45, 2.75) is 13.0 Å². The van der Waals surface area contributed by atoms with E-state index in [2.05, 4.69) is 4.98 Å². The van der Waals surface area contributed by atoms with Gasteiger partial charge in [0.05, 0.1) is 2.74 Å². The maximum absolute atomic E-state index is 12.5. The summed E-state index contributed by atoms with van der Waals surface area (Å²) < 4.78 is 72.5. The number of nitrogens with zero attached hydrogens (tertiary/aromatic N) is 1. The van der Waals surface area contributed by atoms with Crippen LogP contribution in [0.4, 0.5) is 13.2 Å². The van der Waals surface area contributed by atoms with Crippen LogP contribution in [0.15, 0.2) is 12.1 Å². The van der Waals surface area contributed by atoms with Gasteiger partial charge in [0, 0.05) is 10.2 Å². The van der Waals surface area contributed by atoms with Crippen LogP contribution in [0.1, 0.15) is 18.1 Å². The zero-order chi connectivity index (χ0) is 13.6. The van der Waals surface area contributed by atoms with Gasteiger partial charge in [0.25, 0.3) is 0 Å². The minimum absolute atomic E-state index is 1.05. The number of rotatable bonds is 0. The summed E-state index contributed by atoms with van der Waals surface area (Å²) in [5.41, 5.74) is -3.25. The molecule has 2 nitrogen and oxygen atoms in total. The number of pyridine rings is 1. The Kier molecular flexibility index (Phi) is 0.910. The van der Waals surface area contributed by atoms with Crippen LogP contribution < -0.4 is 0 Å². The minimum atomic E-state index is -5.12. The van der Waals surface area contributed by atoms with Gasteiger partial charge in [-0.3, -0.25) is 0 Å². The lowest BCUT2D eigenvalue weighted by atomic mass is 10.2. The van der Waals surface area contributed by atoms with Gasteiger partial charge in [0.1, 0.15) is 0 Å². The molecule has 0 spiro atoms. The molecule has 0 aliphatic rings. The molecule has 0 atom stereocenters. The molecular formula is C7H6F3NO. The fourth-order valence-electron chi connectivity index (χ4n) is 0.572. The lowest BCUT2D eigenvalue weighted by Crippen LogP contribution is -2.09. The highest BCUT2D eigenvalue weighted by molar-refractivity contribution is 5.25. The Hall–Kier alpha value is -1.26. The highest BCUT2D eigenvalue weighted by Gasteiger charge is 2.34. The lowest BCUT2D eigenvalue weighted by Gasteiger charge is -2.08. The summed E-state index contributed by atoms with van der Waals surface area (Å²) in [5, 5.41) is 8.93. The Morgan fingerprint density at radius 3 is 2.75 bits per heavy atom. The van der Waals surface area contributed by atoms with Crippen molar-refractivity contribution in [3.05, 3.63) is 23.3 Å². The van der Waals surface area contributed by atoms with E-state index in [0.717, 1.165) is 0 Å². The van der Waals surface area contributed by atoms with E-state index in [0.29, 0.717) is 0 Å². The summed E-state index contributed by atoms with van der Waals surface area (Å²) in [6, 6.07) is -2.26. The van der Waals surface area contributed by atoms with Crippen LogP contribution in [-0.2, 0) is 6.18 Å². The molecule has 0 bridgehead atoms. The standard InChI is InChI=1S/C7H6F3NO/c1-4-2-3-5(12)11-6(4)7(8,9)10/h2-3H,1H3,(H,11,12)/i1D3,2D,3D. The molecule has 1 heterocycles. The summed E-state index contributed by atoms with van der Waals surface area (Å²) >= 11 is 0. The summed E-state index contributed by atoms with van der Waals surface area (Å²) in [5.74, 6) is -1.32. The molecule has 66 valence electrons. The molecule has 0 aliphatic carbocycles. The Morgan fingerprint density at radius 1 is 1.58 bits per heavy atom. The average molecular weight is 182 g/mol. The molecule has 5 heteroatoms. The summed E-state index contributed by atoms with van der Waals surface area (Å²) in [4.78, 5) is 2.63. The average Bonchev–Trinajstić information content (AvgIpc) is 2.09. The van der Waals surface area contributed by atoms with E-state index in [1.54, 1.807) is 0 Å². The monoisotopic (exact) mass is 182 g/mol. The van der Waals surface area contributed by atoms with Crippen LogP contribution in [0.25, 0.3) is 0 Å². The van der Waals surface area contributed by atoms with Gasteiger partial charge in [-0.2, -0.15) is 13.2 Å². The quantitative estimate of drug-likeness (QED) is 0.666. The van der Waals surface area contributed by atoms with Gasteiger partial charge in [0.15, 0.2) is 5.69 Å². The molecule has 0 radical (unpaired) electrons. The van der Waals surface area contributed by atoms with E-state index in [1.165, 1.54) is 0 Å². The fraction of sp³-hybridized carbons (Fsp3) is 0.286. The first-order valence-electron chi connectivity index (χ1n) is 5.24. The molecule has 0 saturated carbocycles. The Labute approximate surface area is 73.7 Å². The van der Waals surface area contributed by atoms with E-state index < -0.39 is 42.3 Å². The molecule has 1 aromatic heterocycles. The first-order chi connectivity index (χ1) is 7.46. The second-order valence-electron chi connectivity index (χ2n) is 1.91. The van der Waals surface area contributed by atoms with Crippen molar-refractivity contribution in [3.8, 4) is 5.88 Å². The fourth-order valence-corrected chi connectivity index (χ4v) is 0.572. The van der Waals surface area contributed by atoms with Crippen molar-refractivity contribution in [2.24, 2.45) is 0 Å². The minimum Gasteiger partial charge on any atom is -0.493 e. The van der Waals surface area contributed by atoms with E-state index in [-0.39, 0.29) is 0 Å². The summed E-state index contributed by atoms with van der Waals surface area (Å²) in [6.45, 7) is -3.24. The number of hydrogen-bond acceptors (Lipinski definition) is 2. The van der Waals surface area contributed by atoms with Gasteiger partial charge in [-0.05, 0) is 12.4 Å². The van der Waals surface area contributed by atoms with Gasteiger partial charge in [-0.25, -0.2) is 4.98 Å². The molecule has 1 aromatic rings. The Morgan fingerprint density at radius 2 is 2.25 bits per heavy atom. The zero-order valence-corrected chi connectivity index (χ0v) is 5.53. The Bertz CT molecular complexity index is 456. The number of aromatic hydroxyl groups is 1. The van der Waals surface area contributed by atoms with Crippen LogP contribution in [0.5, 0.6) is 5.88 Å². The SMILES string of the molecule is [2H]c1c(O)nc(C(F)(F)F)c(C([2H])([2H])[2H])c1[2H]. The third-order valence-electron chi connectivity index (χ3n) is 1.02. The molecule has 12 heavy (non-hydrogen) atoms. The molecule has 0 fully saturated rings. The predicted octanol–water partition coefficient (Wildman–Crippen LogP) is 2.11. The van der Waals surface area contributed by atoms with Crippen molar-refractivity contribution >= 4 is 0 Å². The van der Waals surface area contributed by atoms with Gasteiger partial charge >= 0.3 is 6.18 Å². The topological polar surface area (TPSA) is 33.1 Å². The molecule has 0 aliphatic heterocycles. The van der Waals surface area contributed by atoms with Crippen LogP contribution in [0.2, 0.25) is 0 Å². The molecule has 1 rings (SSSR count). The number of aromatic nitrogens is 1. The predicted molar refractivity (Wildman–Crippen MR) is 35.6 cm³/mol. The van der Waals surface area contributed by atoms with Gasteiger partial charge in [-0.1, -0.05) is 6.04 Å². The second kappa shape index (κ2) is 2.66. The van der Waals surface area contributed by atoms with Crippen molar-refractivity contribution in [3.63, 3.8) is 0 Å². The van der Waals surface area contributed by atoms with Crippen LogP contribution in [0.3, 0.4) is 0 Å². The van der Waals surface area contributed by atoms with E-state index >= 15 is 0 Å². The molecule has 0 unspecified atom stereocenters. The second-order valence-corrected chi connectivity index (χ2v) is 1.91. The molecular weight excluding hydrogens is 171 g/mol. The first kappa shape index (κ1) is 4.11. The third kappa shape index (κ3) is 1.66. The van der Waals surface area contributed by atoms with E-state index in [9.17, 15) is 13.2 Å². The Balaban J connectivity index is 3.71. The zero-order valence-electron chi connectivity index (χ0n) is 10.5. The van der Waals surface area contributed by atoms with E-state index in [4.69, 9.17) is 12.0 Å². The van der Waals surface area contributed by atoms with Gasteiger partial charge in [-0.15, -0.1) is 0 Å². The molecule has 0 amide bonds. The molecule has 0 saturated heterocycles. The van der Waals surface area contributed by atoms with E-state index in [1.807, 2.05) is 0 Å². The van der Waals surface area contributed by atoms with Crippen molar-refractivity contribution in [1.82, 2.24) is 4.98 Å².